The number of nitrogens with one attached hydrogen (secondary N) is 1. The number of hydrogen-bond donors (Lipinski definition) is 1. The lowest BCUT2D eigenvalue weighted by molar-refractivity contribution is 0.0920. The second kappa shape index (κ2) is 4.04. The highest BCUT2D eigenvalue weighted by Gasteiger charge is 2.41. The molecule has 0 amide bonds. The quantitative estimate of drug-likeness (QED) is 0.667. The van der Waals surface area contributed by atoms with E-state index in [1.54, 1.807) is 0 Å². The summed E-state index contributed by atoms with van der Waals surface area (Å²) < 4.78 is 0. The van der Waals surface area contributed by atoms with E-state index >= 15 is 0 Å². The van der Waals surface area contributed by atoms with E-state index in [0.29, 0.717) is 0 Å². The van der Waals surface area contributed by atoms with E-state index < -0.39 is 0 Å². The standard InChI is InChI=1S/C12H23N3/c1-14-4-6-15(7-5-14)12-3-2-10-8-13-9-11(10)12/h10-13H,2-9H2,1H3/t10-,11+,12-/m1/s1. The van der Waals surface area contributed by atoms with Crippen LogP contribution in [0.15, 0.2) is 0 Å². The van der Waals surface area contributed by atoms with Gasteiger partial charge in [0.2, 0.25) is 0 Å². The Balaban J connectivity index is 1.62. The van der Waals surface area contributed by atoms with Crippen molar-refractivity contribution in [2.75, 3.05) is 46.3 Å². The molecule has 86 valence electrons. The monoisotopic (exact) mass is 209 g/mol. The van der Waals surface area contributed by atoms with Crippen LogP contribution in [0.3, 0.4) is 0 Å². The molecule has 3 atom stereocenters. The second-order valence-corrected chi connectivity index (χ2v) is 5.57. The maximum absolute atomic E-state index is 3.57. The van der Waals surface area contributed by atoms with Gasteiger partial charge in [-0.2, -0.15) is 0 Å². The summed E-state index contributed by atoms with van der Waals surface area (Å²) in [4.78, 5) is 5.22. The van der Waals surface area contributed by atoms with Gasteiger partial charge in [0.15, 0.2) is 0 Å². The van der Waals surface area contributed by atoms with Gasteiger partial charge in [0, 0.05) is 32.2 Å². The molecule has 3 rings (SSSR count). The second-order valence-electron chi connectivity index (χ2n) is 5.57. The van der Waals surface area contributed by atoms with Crippen LogP contribution in [0.4, 0.5) is 0 Å². The van der Waals surface area contributed by atoms with Crippen molar-refractivity contribution in [2.24, 2.45) is 11.8 Å². The summed E-state index contributed by atoms with van der Waals surface area (Å²) in [7, 11) is 2.24. The van der Waals surface area contributed by atoms with Gasteiger partial charge in [-0.1, -0.05) is 0 Å². The molecule has 3 fully saturated rings. The molecule has 0 unspecified atom stereocenters. The molecule has 3 nitrogen and oxygen atoms in total. The van der Waals surface area contributed by atoms with E-state index in [0.717, 1.165) is 17.9 Å². The summed E-state index contributed by atoms with van der Waals surface area (Å²) in [6.07, 6.45) is 2.93. The fourth-order valence-electron chi connectivity index (χ4n) is 3.73. The van der Waals surface area contributed by atoms with Crippen LogP contribution in [0.25, 0.3) is 0 Å². The summed E-state index contributed by atoms with van der Waals surface area (Å²) in [6.45, 7) is 7.69. The molecule has 0 spiro atoms. The van der Waals surface area contributed by atoms with Crippen LogP contribution < -0.4 is 5.32 Å². The van der Waals surface area contributed by atoms with Crippen molar-refractivity contribution in [2.45, 2.75) is 18.9 Å². The fraction of sp³-hybridized carbons (Fsp3) is 1.00. The van der Waals surface area contributed by atoms with Crippen LogP contribution >= 0.6 is 0 Å². The zero-order chi connectivity index (χ0) is 10.3. The van der Waals surface area contributed by atoms with Gasteiger partial charge in [0.25, 0.3) is 0 Å². The lowest BCUT2D eigenvalue weighted by atomic mass is 9.96. The number of piperazine rings is 1. The molecule has 0 aromatic rings. The smallest absolute Gasteiger partial charge is 0.0140 e. The predicted octanol–water partition coefficient (Wildman–Crippen LogP) is 0.232. The summed E-state index contributed by atoms with van der Waals surface area (Å²) in [5.41, 5.74) is 0. The van der Waals surface area contributed by atoms with Crippen molar-refractivity contribution in [3.63, 3.8) is 0 Å². The summed E-state index contributed by atoms with van der Waals surface area (Å²) in [6, 6.07) is 0.902. The molecule has 3 heteroatoms. The molecule has 0 radical (unpaired) electrons. The first-order chi connectivity index (χ1) is 7.34. The third-order valence-corrected chi connectivity index (χ3v) is 4.73. The maximum Gasteiger partial charge on any atom is 0.0140 e. The number of nitrogens with zero attached hydrogens (tertiary/aromatic N) is 2. The first-order valence-electron chi connectivity index (χ1n) is 6.48. The van der Waals surface area contributed by atoms with Crippen molar-refractivity contribution in [3.8, 4) is 0 Å². The topological polar surface area (TPSA) is 18.5 Å². The average Bonchev–Trinajstić information content (AvgIpc) is 2.80. The average molecular weight is 209 g/mol. The minimum atomic E-state index is 0.902. The van der Waals surface area contributed by atoms with Gasteiger partial charge in [0.1, 0.15) is 0 Å². The normalized spacial score (nSPS) is 43.4. The number of fused-ring (bicyclic) bond motifs is 1. The third-order valence-electron chi connectivity index (χ3n) is 4.73. The maximum atomic E-state index is 3.57. The van der Waals surface area contributed by atoms with E-state index in [9.17, 15) is 0 Å². The van der Waals surface area contributed by atoms with Crippen molar-refractivity contribution in [3.05, 3.63) is 0 Å². The Hall–Kier alpha value is -0.120. The van der Waals surface area contributed by atoms with Gasteiger partial charge in [0.05, 0.1) is 0 Å². The molecule has 2 aliphatic heterocycles. The van der Waals surface area contributed by atoms with Crippen LogP contribution in [0.2, 0.25) is 0 Å². The Morgan fingerprint density at radius 3 is 2.60 bits per heavy atom. The molecule has 15 heavy (non-hydrogen) atoms. The van der Waals surface area contributed by atoms with E-state index in [1.165, 1.54) is 52.1 Å². The summed E-state index contributed by atoms with van der Waals surface area (Å²) in [5.74, 6) is 1.96. The lowest BCUT2D eigenvalue weighted by Gasteiger charge is -2.38. The van der Waals surface area contributed by atoms with Crippen molar-refractivity contribution in [1.29, 1.82) is 0 Å². The first kappa shape index (κ1) is 10.1. The Morgan fingerprint density at radius 1 is 1.00 bits per heavy atom. The van der Waals surface area contributed by atoms with Gasteiger partial charge >= 0.3 is 0 Å². The van der Waals surface area contributed by atoms with E-state index in [1.807, 2.05) is 0 Å². The Morgan fingerprint density at radius 2 is 1.80 bits per heavy atom. The highest BCUT2D eigenvalue weighted by molar-refractivity contribution is 4.97. The fourth-order valence-corrected chi connectivity index (χ4v) is 3.73. The summed E-state index contributed by atoms with van der Waals surface area (Å²) >= 11 is 0. The molecule has 0 bridgehead atoms. The van der Waals surface area contributed by atoms with Gasteiger partial charge in [-0.15, -0.1) is 0 Å². The third kappa shape index (κ3) is 1.81. The molecule has 3 aliphatic rings. The highest BCUT2D eigenvalue weighted by Crippen LogP contribution is 2.37. The van der Waals surface area contributed by atoms with Crippen LogP contribution in [-0.4, -0.2) is 62.2 Å². The molecule has 1 aliphatic carbocycles. The molecule has 2 heterocycles. The van der Waals surface area contributed by atoms with Crippen molar-refractivity contribution in [1.82, 2.24) is 15.1 Å². The van der Waals surface area contributed by atoms with Gasteiger partial charge < -0.3 is 10.2 Å². The van der Waals surface area contributed by atoms with E-state index in [-0.39, 0.29) is 0 Å². The Kier molecular flexibility index (Phi) is 2.71. The minimum Gasteiger partial charge on any atom is -0.316 e. The lowest BCUT2D eigenvalue weighted by Crippen LogP contribution is -2.50. The number of rotatable bonds is 1. The minimum absolute atomic E-state index is 0.902. The van der Waals surface area contributed by atoms with Crippen LogP contribution in [0.1, 0.15) is 12.8 Å². The molecule has 1 N–H and O–H groups in total. The molecular formula is C12H23N3. The van der Waals surface area contributed by atoms with E-state index in [2.05, 4.69) is 22.2 Å². The molecule has 0 aromatic heterocycles. The largest absolute Gasteiger partial charge is 0.316 e. The van der Waals surface area contributed by atoms with Crippen molar-refractivity contribution >= 4 is 0 Å². The molecular weight excluding hydrogens is 186 g/mol. The number of hydrogen-bond acceptors (Lipinski definition) is 3. The summed E-state index contributed by atoms with van der Waals surface area (Å²) in [5, 5.41) is 3.57. The Labute approximate surface area is 92.8 Å². The SMILES string of the molecule is CN1CCN([C@@H]2CC[C@@H]3CNC[C@@H]32)CC1. The Bertz CT molecular complexity index is 223. The van der Waals surface area contributed by atoms with Gasteiger partial charge in [-0.25, -0.2) is 0 Å². The molecule has 0 aromatic carbocycles. The van der Waals surface area contributed by atoms with Crippen molar-refractivity contribution < 1.29 is 0 Å². The van der Waals surface area contributed by atoms with Crippen LogP contribution in [0, 0.1) is 11.8 Å². The first-order valence-corrected chi connectivity index (χ1v) is 6.48. The van der Waals surface area contributed by atoms with Crippen LogP contribution in [-0.2, 0) is 0 Å². The molecule has 1 saturated carbocycles. The highest BCUT2D eigenvalue weighted by atomic mass is 15.3. The van der Waals surface area contributed by atoms with Gasteiger partial charge in [-0.3, -0.25) is 4.90 Å². The number of likely N-dealkylation sites (N-methyl/N-ethyl adjacent to an activating group) is 1. The zero-order valence-corrected chi connectivity index (χ0v) is 9.78. The predicted molar refractivity (Wildman–Crippen MR) is 61.9 cm³/mol. The van der Waals surface area contributed by atoms with Crippen LogP contribution in [0.5, 0.6) is 0 Å². The zero-order valence-electron chi connectivity index (χ0n) is 9.78. The van der Waals surface area contributed by atoms with E-state index in [4.69, 9.17) is 0 Å². The van der Waals surface area contributed by atoms with Gasteiger partial charge in [-0.05, 0) is 44.8 Å². The molecule has 2 saturated heterocycles.